The highest BCUT2D eigenvalue weighted by molar-refractivity contribution is 5.39. The van der Waals surface area contributed by atoms with Crippen LogP contribution in [-0.2, 0) is 4.74 Å². The molecule has 0 N–H and O–H groups in total. The fraction of sp³-hybridized carbons (Fsp3) is 0.680. The van der Waals surface area contributed by atoms with Crippen LogP contribution in [0, 0.1) is 17.8 Å². The van der Waals surface area contributed by atoms with Gasteiger partial charge < -0.3 is 14.0 Å². The molecular weight excluding hydrogens is 346 g/mol. The summed E-state index contributed by atoms with van der Waals surface area (Å²) in [6, 6.07) is 8.40. The Morgan fingerprint density at radius 3 is 2.64 bits per heavy atom. The Bertz CT molecular complexity index is 772. The van der Waals surface area contributed by atoms with Gasteiger partial charge in [0.25, 0.3) is 0 Å². The molecule has 0 radical (unpaired) electrons. The van der Waals surface area contributed by atoms with Crippen LogP contribution in [0.2, 0.25) is 0 Å². The van der Waals surface area contributed by atoms with Gasteiger partial charge in [-0.1, -0.05) is 31.0 Å². The second-order valence-electron chi connectivity index (χ2n) is 9.81. The Labute approximate surface area is 171 Å². The molecule has 2 saturated heterocycles. The van der Waals surface area contributed by atoms with E-state index in [-0.39, 0.29) is 17.3 Å². The Balaban J connectivity index is 1.55. The summed E-state index contributed by atoms with van der Waals surface area (Å²) in [6.07, 6.45) is 7.19. The van der Waals surface area contributed by atoms with E-state index in [1.807, 2.05) is 0 Å². The number of nitrogens with zero attached hydrogens (tertiary/aromatic N) is 1. The number of para-hydroxylation sites is 1. The van der Waals surface area contributed by atoms with Crippen molar-refractivity contribution in [3.05, 3.63) is 29.8 Å². The highest BCUT2D eigenvalue weighted by Gasteiger charge is 2.51. The van der Waals surface area contributed by atoms with Gasteiger partial charge in [0.2, 0.25) is 0 Å². The summed E-state index contributed by atoms with van der Waals surface area (Å²) in [4.78, 5) is 0. The quantitative estimate of drug-likeness (QED) is 0.523. The first-order valence-electron chi connectivity index (χ1n) is 11.2. The number of hydrogen-bond donors (Lipinski definition) is 0. The zero-order valence-corrected chi connectivity index (χ0v) is 18.1. The van der Waals surface area contributed by atoms with Crippen molar-refractivity contribution in [2.75, 3.05) is 26.7 Å². The molecule has 3 aliphatic rings. The molecule has 2 fully saturated rings. The van der Waals surface area contributed by atoms with Crippen LogP contribution in [0.25, 0.3) is 0 Å². The lowest BCUT2D eigenvalue weighted by Gasteiger charge is -2.51. The zero-order valence-electron chi connectivity index (χ0n) is 18.1. The van der Waals surface area contributed by atoms with E-state index in [4.69, 9.17) is 9.47 Å². The summed E-state index contributed by atoms with van der Waals surface area (Å²) < 4.78 is 14.3. The molecule has 3 aliphatic heterocycles. The normalized spacial score (nSPS) is 36.3. The van der Waals surface area contributed by atoms with E-state index >= 15 is 0 Å². The number of rotatable bonds is 2. The van der Waals surface area contributed by atoms with Crippen molar-refractivity contribution in [2.45, 2.75) is 76.6 Å². The minimum absolute atomic E-state index is 0.0720. The summed E-state index contributed by atoms with van der Waals surface area (Å²) in [6.45, 7) is 10.1. The maximum Gasteiger partial charge on any atom is 0.140 e. The lowest BCUT2D eigenvalue weighted by atomic mass is 9.71. The Morgan fingerprint density at radius 1 is 1.14 bits per heavy atom. The van der Waals surface area contributed by atoms with E-state index in [2.05, 4.69) is 63.9 Å². The van der Waals surface area contributed by atoms with E-state index in [0.717, 1.165) is 36.0 Å². The van der Waals surface area contributed by atoms with Crippen molar-refractivity contribution >= 4 is 0 Å². The molecule has 3 heteroatoms. The summed E-state index contributed by atoms with van der Waals surface area (Å²) in [5, 5.41) is 0. The van der Waals surface area contributed by atoms with Gasteiger partial charge in [-0.2, -0.15) is 0 Å². The minimum Gasteiger partial charge on any atom is -0.487 e. The molecule has 3 nitrogen and oxygen atoms in total. The van der Waals surface area contributed by atoms with Gasteiger partial charge in [-0.3, -0.25) is 0 Å². The predicted octanol–water partition coefficient (Wildman–Crippen LogP) is 5.11. The van der Waals surface area contributed by atoms with E-state index in [9.17, 15) is 0 Å². The smallest absolute Gasteiger partial charge is 0.140 e. The molecule has 0 amide bonds. The summed E-state index contributed by atoms with van der Waals surface area (Å²) in [5.41, 5.74) is 0.663. The summed E-state index contributed by atoms with van der Waals surface area (Å²) >= 11 is 0. The van der Waals surface area contributed by atoms with Crippen LogP contribution in [0.4, 0.5) is 0 Å². The van der Waals surface area contributed by atoms with Gasteiger partial charge in [-0.25, -0.2) is 0 Å². The predicted molar refractivity (Wildman–Crippen MR) is 113 cm³/mol. The number of hydrogen-bond acceptors (Lipinski definition) is 2. The van der Waals surface area contributed by atoms with Crippen molar-refractivity contribution in [1.29, 1.82) is 0 Å². The molecule has 28 heavy (non-hydrogen) atoms. The van der Waals surface area contributed by atoms with E-state index < -0.39 is 0 Å². The number of likely N-dealkylation sites (tertiary alicyclic amines) is 1. The highest BCUT2D eigenvalue weighted by Crippen LogP contribution is 2.53. The van der Waals surface area contributed by atoms with Gasteiger partial charge in [0.15, 0.2) is 0 Å². The largest absolute Gasteiger partial charge is 0.487 e. The van der Waals surface area contributed by atoms with Gasteiger partial charge in [-0.05, 0) is 64.4 Å². The Morgan fingerprint density at radius 2 is 1.89 bits per heavy atom. The summed E-state index contributed by atoms with van der Waals surface area (Å²) in [5.74, 6) is 8.44. The Hall–Kier alpha value is -1.50. The third kappa shape index (κ3) is 3.70. The number of quaternary nitrogens is 1. The number of piperidine rings is 1. The standard InChI is InChI=1S/C25H36NO2/c1-5-25(3)21-14-16-24(2,15-11-19-26(4)17-9-6-10-18-26)28-23(21)20-12-7-8-13-22(20)27-25/h7-8,12-13,21,23H,5-6,9-10,14,16-19H2,1-4H3/q+1/t21-,23+,24-,25+/m1/s1. The Kier molecular flexibility index (Phi) is 5.23. The minimum atomic E-state index is -0.366. The van der Waals surface area contributed by atoms with Crippen LogP contribution in [-0.4, -0.2) is 42.4 Å². The van der Waals surface area contributed by atoms with Crippen molar-refractivity contribution in [2.24, 2.45) is 5.92 Å². The first-order valence-corrected chi connectivity index (χ1v) is 11.2. The van der Waals surface area contributed by atoms with Crippen molar-refractivity contribution in [3.8, 4) is 17.6 Å². The lowest BCUT2D eigenvalue weighted by Crippen LogP contribution is -2.52. The van der Waals surface area contributed by atoms with Crippen molar-refractivity contribution < 1.29 is 14.0 Å². The van der Waals surface area contributed by atoms with Crippen molar-refractivity contribution in [3.63, 3.8) is 0 Å². The van der Waals surface area contributed by atoms with Gasteiger partial charge in [-0.15, -0.1) is 0 Å². The molecule has 1 aromatic carbocycles. The van der Waals surface area contributed by atoms with Gasteiger partial charge >= 0.3 is 0 Å². The monoisotopic (exact) mass is 382 g/mol. The molecule has 1 aromatic rings. The molecule has 0 aromatic heterocycles. The molecule has 0 aliphatic carbocycles. The van der Waals surface area contributed by atoms with Crippen LogP contribution in [0.15, 0.2) is 24.3 Å². The second kappa shape index (κ2) is 7.39. The van der Waals surface area contributed by atoms with E-state index in [0.29, 0.717) is 5.92 Å². The van der Waals surface area contributed by atoms with Gasteiger partial charge in [0, 0.05) is 11.5 Å². The van der Waals surface area contributed by atoms with E-state index in [1.165, 1.54) is 37.9 Å². The van der Waals surface area contributed by atoms with Gasteiger partial charge in [0.1, 0.15) is 23.5 Å². The van der Waals surface area contributed by atoms with Crippen LogP contribution >= 0.6 is 0 Å². The van der Waals surface area contributed by atoms with Crippen LogP contribution in [0.1, 0.15) is 71.0 Å². The first kappa shape index (κ1) is 19.8. The first-order chi connectivity index (χ1) is 13.4. The fourth-order valence-corrected chi connectivity index (χ4v) is 5.32. The van der Waals surface area contributed by atoms with Crippen LogP contribution in [0.5, 0.6) is 5.75 Å². The topological polar surface area (TPSA) is 18.5 Å². The molecule has 0 unspecified atom stereocenters. The van der Waals surface area contributed by atoms with Crippen LogP contribution < -0.4 is 4.74 Å². The number of ether oxygens (including phenoxy) is 2. The fourth-order valence-electron chi connectivity index (χ4n) is 5.32. The maximum atomic E-state index is 6.76. The third-order valence-electron chi connectivity index (χ3n) is 7.45. The highest BCUT2D eigenvalue weighted by atomic mass is 16.5. The average Bonchev–Trinajstić information content (AvgIpc) is 2.68. The van der Waals surface area contributed by atoms with Crippen LogP contribution in [0.3, 0.4) is 0 Å². The maximum absolute atomic E-state index is 6.76. The van der Waals surface area contributed by atoms with Crippen molar-refractivity contribution in [1.82, 2.24) is 0 Å². The number of fused-ring (bicyclic) bond motifs is 3. The molecule has 152 valence electrons. The molecule has 3 heterocycles. The molecule has 0 spiro atoms. The summed E-state index contributed by atoms with van der Waals surface area (Å²) in [7, 11) is 2.36. The molecule has 0 saturated carbocycles. The SMILES string of the molecule is CC[C@]1(C)Oc2ccccc2[C@@H]2O[C@](C)(C#CC[N+]3(C)CCCCC3)CC[C@H]21. The number of benzene rings is 1. The molecule has 0 bridgehead atoms. The van der Waals surface area contributed by atoms with Gasteiger partial charge in [0.05, 0.1) is 26.2 Å². The molecule has 4 atom stereocenters. The molecular formula is C25H36NO2+. The van der Waals surface area contributed by atoms with E-state index in [1.54, 1.807) is 0 Å². The average molecular weight is 383 g/mol. The lowest BCUT2D eigenvalue weighted by molar-refractivity contribution is -0.907. The second-order valence-corrected chi connectivity index (χ2v) is 9.81. The zero-order chi connectivity index (χ0) is 19.8. The third-order valence-corrected chi connectivity index (χ3v) is 7.45. The molecule has 4 rings (SSSR count).